The van der Waals surface area contributed by atoms with E-state index in [0.29, 0.717) is 11.9 Å². The lowest BCUT2D eigenvalue weighted by Gasteiger charge is -2.36. The van der Waals surface area contributed by atoms with Crippen LogP contribution in [0.4, 0.5) is 5.69 Å². The van der Waals surface area contributed by atoms with E-state index in [1.165, 1.54) is 5.69 Å². The highest BCUT2D eigenvalue weighted by molar-refractivity contribution is 6.02. The molecule has 0 atom stereocenters. The van der Waals surface area contributed by atoms with Gasteiger partial charge >= 0.3 is 0 Å². The summed E-state index contributed by atoms with van der Waals surface area (Å²) in [7, 11) is 1.68. The van der Waals surface area contributed by atoms with Crippen LogP contribution in [0, 0.1) is 0 Å². The highest BCUT2D eigenvalue weighted by Crippen LogP contribution is 2.21. The van der Waals surface area contributed by atoms with Gasteiger partial charge in [-0.2, -0.15) is 0 Å². The number of piperazine rings is 1. The Kier molecular flexibility index (Phi) is 5.26. The largest absolute Gasteiger partial charge is 0.497 e. The quantitative estimate of drug-likeness (QED) is 0.467. The number of methoxy groups -OCH3 is 1. The molecule has 5 rings (SSSR count). The van der Waals surface area contributed by atoms with Crippen molar-refractivity contribution >= 4 is 27.5 Å². The van der Waals surface area contributed by atoms with Crippen molar-refractivity contribution in [2.45, 2.75) is 6.54 Å². The van der Waals surface area contributed by atoms with Crippen molar-refractivity contribution in [3.05, 3.63) is 71.4 Å². The third kappa shape index (κ3) is 3.84. The standard InChI is InChI=1S/C24H25N5O2/c1-31-19-8-6-18(7-9-19)28-13-10-27(11-14-28)12-15-29-17-26-23-20-4-2-3-5-22(20)25-16-21(23)24(29)30/h2-9,16-17H,10-15H2,1H3. The molecule has 0 radical (unpaired) electrons. The molecule has 1 saturated heterocycles. The van der Waals surface area contributed by atoms with Crippen molar-refractivity contribution in [2.75, 3.05) is 44.7 Å². The topological polar surface area (TPSA) is 63.5 Å². The smallest absolute Gasteiger partial charge is 0.262 e. The number of benzene rings is 2. The van der Waals surface area contributed by atoms with Crippen LogP contribution in [0.1, 0.15) is 0 Å². The Labute approximate surface area is 180 Å². The predicted octanol–water partition coefficient (Wildman–Crippen LogP) is 2.78. The maximum Gasteiger partial charge on any atom is 0.262 e. The van der Waals surface area contributed by atoms with E-state index >= 15 is 0 Å². The van der Waals surface area contributed by atoms with Crippen molar-refractivity contribution in [1.29, 1.82) is 0 Å². The molecule has 0 N–H and O–H groups in total. The van der Waals surface area contributed by atoms with Crippen LogP contribution in [0.15, 0.2) is 65.8 Å². The summed E-state index contributed by atoms with van der Waals surface area (Å²) >= 11 is 0. The second kappa shape index (κ2) is 8.35. The number of rotatable bonds is 5. The molecule has 3 heterocycles. The summed E-state index contributed by atoms with van der Waals surface area (Å²) in [5.74, 6) is 0.875. The van der Waals surface area contributed by atoms with Crippen LogP contribution in [0.25, 0.3) is 21.8 Å². The van der Waals surface area contributed by atoms with Gasteiger partial charge in [0.2, 0.25) is 0 Å². The number of hydrogen-bond donors (Lipinski definition) is 0. The van der Waals surface area contributed by atoms with Crippen LogP contribution < -0.4 is 15.2 Å². The minimum absolute atomic E-state index is 0.0277. The molecule has 0 unspecified atom stereocenters. The molecule has 1 fully saturated rings. The summed E-state index contributed by atoms with van der Waals surface area (Å²) < 4.78 is 6.94. The van der Waals surface area contributed by atoms with Gasteiger partial charge in [0.15, 0.2) is 0 Å². The Balaban J connectivity index is 1.24. The van der Waals surface area contributed by atoms with Gasteiger partial charge in [0.25, 0.3) is 5.56 Å². The lowest BCUT2D eigenvalue weighted by atomic mass is 10.1. The number of hydrogen-bond acceptors (Lipinski definition) is 6. The molecular weight excluding hydrogens is 390 g/mol. The van der Waals surface area contributed by atoms with Crippen molar-refractivity contribution in [1.82, 2.24) is 19.4 Å². The summed E-state index contributed by atoms with van der Waals surface area (Å²) in [5, 5.41) is 1.49. The van der Waals surface area contributed by atoms with E-state index < -0.39 is 0 Å². The molecule has 2 aromatic carbocycles. The molecule has 1 aliphatic heterocycles. The van der Waals surface area contributed by atoms with Gasteiger partial charge in [-0.3, -0.25) is 19.2 Å². The molecule has 0 amide bonds. The van der Waals surface area contributed by atoms with Crippen LogP contribution in [0.3, 0.4) is 0 Å². The average Bonchev–Trinajstić information content (AvgIpc) is 2.84. The molecule has 7 nitrogen and oxygen atoms in total. The van der Waals surface area contributed by atoms with E-state index in [0.717, 1.165) is 54.9 Å². The summed E-state index contributed by atoms with van der Waals surface area (Å²) in [4.78, 5) is 26.8. The van der Waals surface area contributed by atoms with Crippen molar-refractivity contribution in [3.8, 4) is 5.75 Å². The number of para-hydroxylation sites is 1. The number of pyridine rings is 1. The molecule has 31 heavy (non-hydrogen) atoms. The maximum atomic E-state index is 13.0. The summed E-state index contributed by atoms with van der Waals surface area (Å²) in [5.41, 5.74) is 2.77. The van der Waals surface area contributed by atoms with Crippen LogP contribution in [0.2, 0.25) is 0 Å². The highest BCUT2D eigenvalue weighted by Gasteiger charge is 2.17. The van der Waals surface area contributed by atoms with E-state index in [4.69, 9.17) is 4.74 Å². The molecule has 0 bridgehead atoms. The van der Waals surface area contributed by atoms with E-state index in [1.807, 2.05) is 36.4 Å². The van der Waals surface area contributed by atoms with Gasteiger partial charge < -0.3 is 9.64 Å². The van der Waals surface area contributed by atoms with Crippen molar-refractivity contribution in [3.63, 3.8) is 0 Å². The SMILES string of the molecule is COc1ccc(N2CCN(CCn3cnc4c(cnc5ccccc54)c3=O)CC2)cc1. The van der Waals surface area contributed by atoms with Crippen LogP contribution in [0.5, 0.6) is 5.75 Å². The normalized spacial score (nSPS) is 14.9. The fourth-order valence-electron chi connectivity index (χ4n) is 4.19. The number of aromatic nitrogens is 3. The maximum absolute atomic E-state index is 13.0. The van der Waals surface area contributed by atoms with E-state index in [2.05, 4.69) is 31.9 Å². The highest BCUT2D eigenvalue weighted by atomic mass is 16.5. The van der Waals surface area contributed by atoms with Gasteiger partial charge in [0, 0.05) is 56.5 Å². The summed E-state index contributed by atoms with van der Waals surface area (Å²) in [6.07, 6.45) is 3.32. The first kappa shape index (κ1) is 19.5. The molecule has 2 aromatic heterocycles. The third-order valence-electron chi connectivity index (χ3n) is 6.03. The zero-order valence-electron chi connectivity index (χ0n) is 17.6. The Bertz CT molecular complexity index is 1260. The molecular formula is C24H25N5O2. The van der Waals surface area contributed by atoms with Gasteiger partial charge in [-0.25, -0.2) is 4.98 Å². The molecule has 7 heteroatoms. The minimum atomic E-state index is -0.0277. The van der Waals surface area contributed by atoms with Gasteiger partial charge in [0.05, 0.1) is 29.9 Å². The van der Waals surface area contributed by atoms with Gasteiger partial charge in [-0.1, -0.05) is 18.2 Å². The second-order valence-electron chi connectivity index (χ2n) is 7.81. The van der Waals surface area contributed by atoms with Crippen molar-refractivity contribution < 1.29 is 4.74 Å². The first-order chi connectivity index (χ1) is 15.2. The van der Waals surface area contributed by atoms with Crippen LogP contribution in [-0.2, 0) is 6.54 Å². The van der Waals surface area contributed by atoms with Crippen molar-refractivity contribution in [2.24, 2.45) is 0 Å². The Morgan fingerprint density at radius 1 is 0.903 bits per heavy atom. The monoisotopic (exact) mass is 415 g/mol. The summed E-state index contributed by atoms with van der Waals surface area (Å²) in [6, 6.07) is 16.0. The molecule has 0 aliphatic carbocycles. The number of fused-ring (bicyclic) bond motifs is 3. The van der Waals surface area contributed by atoms with E-state index in [9.17, 15) is 4.79 Å². The van der Waals surface area contributed by atoms with Crippen LogP contribution in [-0.4, -0.2) is 59.3 Å². The number of nitrogens with zero attached hydrogens (tertiary/aromatic N) is 5. The molecule has 158 valence electrons. The molecule has 4 aromatic rings. The fraction of sp³-hybridized carbons (Fsp3) is 0.292. The Morgan fingerprint density at radius 3 is 2.45 bits per heavy atom. The summed E-state index contributed by atoms with van der Waals surface area (Å²) in [6.45, 7) is 5.31. The van der Waals surface area contributed by atoms with E-state index in [1.54, 1.807) is 24.2 Å². The Hall–Kier alpha value is -3.45. The zero-order chi connectivity index (χ0) is 21.2. The first-order valence-electron chi connectivity index (χ1n) is 10.6. The molecule has 1 aliphatic rings. The molecule has 0 spiro atoms. The third-order valence-corrected chi connectivity index (χ3v) is 6.03. The van der Waals surface area contributed by atoms with Crippen LogP contribution >= 0.6 is 0 Å². The minimum Gasteiger partial charge on any atom is -0.497 e. The number of ether oxygens (including phenoxy) is 1. The van der Waals surface area contributed by atoms with Gasteiger partial charge in [0.1, 0.15) is 5.75 Å². The lowest BCUT2D eigenvalue weighted by Crippen LogP contribution is -2.47. The fourth-order valence-corrected chi connectivity index (χ4v) is 4.19. The second-order valence-corrected chi connectivity index (χ2v) is 7.81. The van der Waals surface area contributed by atoms with Gasteiger partial charge in [-0.15, -0.1) is 0 Å². The lowest BCUT2D eigenvalue weighted by molar-refractivity contribution is 0.247. The molecule has 0 saturated carbocycles. The Morgan fingerprint density at radius 2 is 1.68 bits per heavy atom. The first-order valence-corrected chi connectivity index (χ1v) is 10.6. The van der Waals surface area contributed by atoms with Gasteiger partial charge in [-0.05, 0) is 30.3 Å². The predicted molar refractivity (Wildman–Crippen MR) is 123 cm³/mol. The zero-order valence-corrected chi connectivity index (χ0v) is 17.6. The average molecular weight is 415 g/mol. The van der Waals surface area contributed by atoms with E-state index in [-0.39, 0.29) is 5.56 Å². The number of anilines is 1.